The predicted molar refractivity (Wildman–Crippen MR) is 411 cm³/mol. The van der Waals surface area contributed by atoms with E-state index >= 15 is 0 Å². The van der Waals surface area contributed by atoms with Crippen LogP contribution in [0.15, 0.2) is 221 Å². The van der Waals surface area contributed by atoms with Gasteiger partial charge in [-0.05, 0) is 113 Å². The first-order valence-corrected chi connectivity index (χ1v) is 35.8. The second kappa shape index (κ2) is 31.5. The molecule has 16 rings (SSSR count). The number of aromatic nitrogens is 2. The molecular formula is C76H94N8O10S4. The van der Waals surface area contributed by atoms with Gasteiger partial charge in [0.25, 0.3) is 15.9 Å². The summed E-state index contributed by atoms with van der Waals surface area (Å²) in [6.45, 7) is 1.48. The van der Waals surface area contributed by atoms with Crippen LogP contribution in [0.5, 0.6) is 0 Å². The molecule has 98 heavy (non-hydrogen) atoms. The summed E-state index contributed by atoms with van der Waals surface area (Å²) in [7, 11) is -1.74. The number of rotatable bonds is 4. The monoisotopic (exact) mass is 1410 g/mol. The largest absolute Gasteiger partial charge is 0.328 e. The highest BCUT2D eigenvalue weighted by Crippen LogP contribution is 2.45. The maximum absolute atomic E-state index is 12.3. The molecule has 1 aromatic heterocycles. The lowest BCUT2D eigenvalue weighted by Crippen LogP contribution is -2.37. The van der Waals surface area contributed by atoms with Crippen molar-refractivity contribution in [2.45, 2.75) is 86.6 Å². The van der Waals surface area contributed by atoms with Gasteiger partial charge in [-0.2, -0.15) is 8.42 Å². The first-order valence-electron chi connectivity index (χ1n) is 29.7. The van der Waals surface area contributed by atoms with Crippen molar-refractivity contribution in [3.05, 3.63) is 233 Å². The maximum Gasteiger partial charge on any atom is 0.328 e. The smallest absolute Gasteiger partial charge is 0.311 e. The molecule has 0 saturated heterocycles. The molecule has 18 nitrogen and oxygen atoms in total. The molecule has 0 atom stereocenters. The van der Waals surface area contributed by atoms with Crippen molar-refractivity contribution in [2.24, 2.45) is 7.05 Å². The number of fused-ring (bicyclic) bond motifs is 5. The lowest BCUT2D eigenvalue weighted by Gasteiger charge is -2.28. The molecule has 10 aromatic carbocycles. The normalized spacial score (nSPS) is 14.2. The zero-order chi connectivity index (χ0) is 65.6. The van der Waals surface area contributed by atoms with E-state index in [-0.39, 0.29) is 56.2 Å². The van der Waals surface area contributed by atoms with Crippen molar-refractivity contribution in [1.29, 1.82) is 0 Å². The molecular weight excluding hydrogens is 1310 g/mol. The van der Waals surface area contributed by atoms with Gasteiger partial charge < -0.3 is 4.90 Å². The molecule has 0 spiro atoms. The molecule has 1 amide bonds. The molecule has 0 fully saturated rings. The van der Waals surface area contributed by atoms with Gasteiger partial charge in [0.2, 0.25) is 20.0 Å². The quantitative estimate of drug-likeness (QED) is 0.163. The van der Waals surface area contributed by atoms with Crippen LogP contribution in [0.2, 0.25) is 0 Å². The molecule has 0 aliphatic carbocycles. The first-order chi connectivity index (χ1) is 43.8. The van der Waals surface area contributed by atoms with Gasteiger partial charge in [-0.1, -0.05) is 196 Å². The number of carbonyl (C=O) groups excluding carboxylic acids is 1. The highest BCUT2D eigenvalue weighted by molar-refractivity contribution is 7.94. The summed E-state index contributed by atoms with van der Waals surface area (Å²) in [6.07, 6.45) is 5.26. The molecule has 5 aliphatic heterocycles. The molecule has 0 radical (unpaired) electrons. The van der Waals surface area contributed by atoms with Crippen molar-refractivity contribution in [3.63, 3.8) is 0 Å². The van der Waals surface area contributed by atoms with Crippen LogP contribution in [0, 0.1) is 0 Å². The van der Waals surface area contributed by atoms with Crippen LogP contribution in [0.25, 0.3) is 54.5 Å². The van der Waals surface area contributed by atoms with E-state index in [1.807, 2.05) is 195 Å². The standard InChI is InChI=1S/C13H11NO2S.2C12H13NO2S.C12H9NO.C11H12N2O.C10H12N2O2S.6CH4/c1-14-12-8-4-2-6-10(12)11-7-3-5-9-13(11)17(14,15)16;1-13(16(2,14)15)12-9-5-7-10-6-3-4-8-11(10)12;1-13(2)16(14,15)12-8-7-10-5-3-4-6-11(10)9-12;1-13-10-7-3-5-8-4-2-6-9(11(8)10)12(13)14;1-12-9-6-2-4-8-5-3-7-13(10(8)9)11(12)14;1-11-9-6-2-4-8-5-3-7-12(10(8)9)15(11,13)14;;;;;;/h2-9H,1H3;2*3-9H,1-2H3;2-7H,1H3;2,4,6H,3,5,7H2,1H3;2,4,6H,3,5,7H2,1H3;6*1H4. The summed E-state index contributed by atoms with van der Waals surface area (Å²) < 4.78 is 106. The molecule has 5 aliphatic rings. The minimum absolute atomic E-state index is 0. The molecule has 0 saturated carbocycles. The Morgan fingerprint density at radius 3 is 1.69 bits per heavy atom. The van der Waals surface area contributed by atoms with Crippen LogP contribution in [0.3, 0.4) is 0 Å². The number of para-hydroxylation sites is 3. The summed E-state index contributed by atoms with van der Waals surface area (Å²) in [5.41, 5.74) is 11.5. The average Bonchev–Trinajstić information content (AvgIpc) is 1.64. The highest BCUT2D eigenvalue weighted by Gasteiger charge is 2.41. The lowest BCUT2D eigenvalue weighted by molar-refractivity contribution is 0.0999. The van der Waals surface area contributed by atoms with Crippen molar-refractivity contribution >= 4 is 118 Å². The number of hydrogen-bond donors (Lipinski definition) is 0. The van der Waals surface area contributed by atoms with Crippen molar-refractivity contribution in [3.8, 4) is 11.1 Å². The number of imidazole rings is 1. The van der Waals surface area contributed by atoms with E-state index < -0.39 is 40.3 Å². The Morgan fingerprint density at radius 1 is 0.480 bits per heavy atom. The average molecular weight is 1410 g/mol. The SMILES string of the molecule is C.C.C.C.C.C.CN(C)S(=O)(=O)c1ccc2ccccc2c1.CN(c1cccc2ccccc12)S(C)(=O)=O.CN1C(=O)c2cccc3cccc1c23.CN1c2cccc3c2N(CCC3)S1(=O)=O.CN1c2ccccc2-c2ccccc2S1(=O)=O.Cn1c(=O)n2c3c(cccc31)CCC2. The molecule has 0 bridgehead atoms. The second-order valence-electron chi connectivity index (χ2n) is 22.9. The number of amides is 1. The Hall–Kier alpha value is -9.32. The number of anilines is 5. The maximum atomic E-state index is 12.3. The van der Waals surface area contributed by atoms with Gasteiger partial charge in [0, 0.05) is 89.9 Å². The number of carbonyl (C=O) groups is 1. The highest BCUT2D eigenvalue weighted by atomic mass is 32.2. The van der Waals surface area contributed by atoms with Gasteiger partial charge in [-0.25, -0.2) is 34.4 Å². The summed E-state index contributed by atoms with van der Waals surface area (Å²) in [5, 5.41) is 6.18. The van der Waals surface area contributed by atoms with Crippen molar-refractivity contribution < 1.29 is 38.5 Å². The van der Waals surface area contributed by atoms with E-state index in [0.29, 0.717) is 22.0 Å². The van der Waals surface area contributed by atoms with Gasteiger partial charge in [-0.3, -0.25) is 31.1 Å². The van der Waals surface area contributed by atoms with Gasteiger partial charge in [0.15, 0.2) is 0 Å². The fraction of sp³-hybridized carbons (Fsp3) is 0.263. The van der Waals surface area contributed by atoms with Crippen molar-refractivity contribution in [1.82, 2.24) is 13.4 Å². The number of hydrogen-bond acceptors (Lipinski definition) is 10. The van der Waals surface area contributed by atoms with E-state index in [1.165, 1.54) is 47.4 Å². The Morgan fingerprint density at radius 2 is 1.00 bits per heavy atom. The first kappa shape index (κ1) is 79.4. The second-order valence-corrected chi connectivity index (χ2v) is 30.9. The Labute approximate surface area is 581 Å². The number of nitrogens with zero attached hydrogens (tertiary/aromatic N) is 8. The zero-order valence-corrected chi connectivity index (χ0v) is 55.4. The molecule has 522 valence electrons. The van der Waals surface area contributed by atoms with Crippen LogP contribution >= 0.6 is 0 Å². The third-order valence-corrected chi connectivity index (χ3v) is 23.8. The van der Waals surface area contributed by atoms with E-state index in [2.05, 4.69) is 6.07 Å². The van der Waals surface area contributed by atoms with Gasteiger partial charge in [-0.15, -0.1) is 0 Å². The molecule has 0 unspecified atom stereocenters. The Balaban J connectivity index is 0.000000210. The van der Waals surface area contributed by atoms with E-state index in [4.69, 9.17) is 0 Å². The van der Waals surface area contributed by atoms with E-state index in [9.17, 15) is 43.3 Å². The molecule has 11 aromatic rings. The summed E-state index contributed by atoms with van der Waals surface area (Å²) >= 11 is 0. The number of aryl methyl sites for hydroxylation is 4. The van der Waals surface area contributed by atoms with Crippen LogP contribution in [0.4, 0.5) is 28.4 Å². The summed E-state index contributed by atoms with van der Waals surface area (Å²) in [4.78, 5) is 26.0. The fourth-order valence-electron chi connectivity index (χ4n) is 12.2. The predicted octanol–water partition coefficient (Wildman–Crippen LogP) is 15.5. The summed E-state index contributed by atoms with van der Waals surface area (Å²) in [6, 6.07) is 64.7. The van der Waals surface area contributed by atoms with Crippen LogP contribution in [-0.4, -0.2) is 108 Å². The summed E-state index contributed by atoms with van der Waals surface area (Å²) in [5.74, 6) is 0.0943. The van der Waals surface area contributed by atoms with E-state index in [1.54, 1.807) is 54.9 Å². The zero-order valence-electron chi connectivity index (χ0n) is 52.2. The van der Waals surface area contributed by atoms with E-state index in [0.717, 1.165) is 121 Å². The number of benzene rings is 10. The molecule has 0 N–H and O–H groups in total. The molecule has 22 heteroatoms. The number of sulfonamides is 3. The fourth-order valence-corrected chi connectivity index (χ4v) is 16.5. The Kier molecular flexibility index (Phi) is 25.5. The van der Waals surface area contributed by atoms with Gasteiger partial charge in [0.05, 0.1) is 55.5 Å². The third kappa shape index (κ3) is 14.8. The van der Waals surface area contributed by atoms with Crippen molar-refractivity contribution in [2.75, 3.05) is 77.2 Å². The topological polar surface area (TPSA) is 200 Å². The van der Waals surface area contributed by atoms with Gasteiger partial charge in [0.1, 0.15) is 0 Å². The van der Waals surface area contributed by atoms with Gasteiger partial charge >= 0.3 is 15.9 Å². The Bertz CT molecular complexity index is 5240. The van der Waals surface area contributed by atoms with Crippen LogP contribution in [-0.2, 0) is 66.7 Å². The van der Waals surface area contributed by atoms with Crippen LogP contribution < -0.4 is 27.8 Å². The minimum atomic E-state index is -3.40. The third-order valence-electron chi connectivity index (χ3n) is 17.1. The minimum Gasteiger partial charge on any atom is -0.311 e. The van der Waals surface area contributed by atoms with Crippen LogP contribution in [0.1, 0.15) is 78.9 Å². The lowest BCUT2D eigenvalue weighted by atomic mass is 10.0. The molecule has 6 heterocycles.